The first kappa shape index (κ1) is 15.7. The summed E-state index contributed by atoms with van der Waals surface area (Å²) >= 11 is 0. The Labute approximate surface area is 103 Å². The number of hydrogen-bond acceptors (Lipinski definition) is 3. The van der Waals surface area contributed by atoms with Crippen molar-refractivity contribution in [2.45, 2.75) is 58.1 Å². The molecule has 0 saturated heterocycles. The first-order valence-corrected chi connectivity index (χ1v) is 5.99. The van der Waals surface area contributed by atoms with E-state index in [9.17, 15) is 4.79 Å². The van der Waals surface area contributed by atoms with Crippen molar-refractivity contribution in [3.63, 3.8) is 0 Å². The molecule has 1 fully saturated rings. The molecular weight excluding hydrogens is 220 g/mol. The van der Waals surface area contributed by atoms with Gasteiger partial charge in [-0.3, -0.25) is 4.79 Å². The van der Waals surface area contributed by atoms with Crippen LogP contribution in [0.1, 0.15) is 46.5 Å². The Morgan fingerprint density at radius 2 is 1.76 bits per heavy atom. The molecule has 0 aromatic heterocycles. The molecule has 1 aliphatic carbocycles. The molecule has 5 nitrogen and oxygen atoms in total. The second kappa shape index (κ2) is 7.92. The Morgan fingerprint density at radius 3 is 2.12 bits per heavy atom. The van der Waals surface area contributed by atoms with E-state index in [1.165, 1.54) is 12.8 Å². The normalized spacial score (nSPS) is 15.5. The maximum Gasteiger partial charge on any atom is 0.407 e. The average Bonchev–Trinajstić information content (AvgIpc) is 2.67. The van der Waals surface area contributed by atoms with Crippen LogP contribution >= 0.6 is 0 Å². The number of carbonyl (C=O) groups excluding carboxylic acids is 2. The van der Waals surface area contributed by atoms with Crippen LogP contribution < -0.4 is 10.6 Å². The highest BCUT2D eigenvalue weighted by molar-refractivity contribution is 5.68. The predicted molar refractivity (Wildman–Crippen MR) is 66.7 cm³/mol. The molecule has 0 aromatic carbocycles. The number of alkyl carbamates (subject to hydrolysis) is 1. The lowest BCUT2D eigenvalue weighted by Gasteiger charge is -2.21. The first-order valence-electron chi connectivity index (χ1n) is 5.99. The summed E-state index contributed by atoms with van der Waals surface area (Å²) in [5.41, 5.74) is -0.386. The fourth-order valence-electron chi connectivity index (χ4n) is 1.54. The monoisotopic (exact) mass is 244 g/mol. The molecule has 1 saturated carbocycles. The van der Waals surface area contributed by atoms with E-state index in [4.69, 9.17) is 9.53 Å². The molecule has 17 heavy (non-hydrogen) atoms. The van der Waals surface area contributed by atoms with Crippen molar-refractivity contribution in [3.05, 3.63) is 0 Å². The third-order valence-corrected chi connectivity index (χ3v) is 2.19. The van der Waals surface area contributed by atoms with Crippen molar-refractivity contribution in [1.29, 1.82) is 0 Å². The molecule has 2 amide bonds. The molecule has 0 radical (unpaired) electrons. The maximum atomic E-state index is 11.3. The number of carbonyl (C=O) groups is 2. The summed E-state index contributed by atoms with van der Waals surface area (Å²) in [4.78, 5) is 20.3. The van der Waals surface area contributed by atoms with E-state index in [1.54, 1.807) is 7.05 Å². The molecule has 1 rings (SSSR count). The Bertz CT molecular complexity index is 230. The van der Waals surface area contributed by atoms with Crippen LogP contribution in [-0.2, 0) is 9.53 Å². The predicted octanol–water partition coefficient (Wildman–Crippen LogP) is 1.82. The van der Waals surface area contributed by atoms with Gasteiger partial charge in [-0.25, -0.2) is 4.79 Å². The van der Waals surface area contributed by atoms with Gasteiger partial charge in [-0.05, 0) is 33.6 Å². The molecular formula is C12H24N2O3. The van der Waals surface area contributed by atoms with Gasteiger partial charge in [-0.2, -0.15) is 0 Å². The fourth-order valence-corrected chi connectivity index (χ4v) is 1.54. The summed E-state index contributed by atoms with van der Waals surface area (Å²) < 4.78 is 5.15. The van der Waals surface area contributed by atoms with E-state index in [0.29, 0.717) is 12.5 Å². The minimum Gasteiger partial charge on any atom is -0.444 e. The van der Waals surface area contributed by atoms with Crippen LogP contribution in [0.2, 0.25) is 0 Å². The summed E-state index contributed by atoms with van der Waals surface area (Å²) in [5.74, 6) is 0. The van der Waals surface area contributed by atoms with Crippen LogP contribution in [0.5, 0.6) is 0 Å². The Balaban J connectivity index is 0.000000557. The molecule has 0 aromatic rings. The van der Waals surface area contributed by atoms with Crippen molar-refractivity contribution in [2.75, 3.05) is 7.05 Å². The second-order valence-corrected chi connectivity index (χ2v) is 5.03. The lowest BCUT2D eigenvalue weighted by atomic mass is 10.2. The molecule has 0 aliphatic heterocycles. The summed E-state index contributed by atoms with van der Waals surface area (Å²) in [7, 11) is 1.56. The van der Waals surface area contributed by atoms with Crippen molar-refractivity contribution < 1.29 is 14.3 Å². The quantitative estimate of drug-likeness (QED) is 0.728. The van der Waals surface area contributed by atoms with Crippen molar-refractivity contribution >= 4 is 12.5 Å². The van der Waals surface area contributed by atoms with Gasteiger partial charge in [-0.15, -0.1) is 0 Å². The Kier molecular flexibility index (Phi) is 7.34. The van der Waals surface area contributed by atoms with Gasteiger partial charge < -0.3 is 15.4 Å². The van der Waals surface area contributed by atoms with Gasteiger partial charge in [0.05, 0.1) is 0 Å². The second-order valence-electron chi connectivity index (χ2n) is 5.03. The Morgan fingerprint density at radius 1 is 1.29 bits per heavy atom. The van der Waals surface area contributed by atoms with E-state index < -0.39 is 0 Å². The van der Waals surface area contributed by atoms with Gasteiger partial charge in [0.1, 0.15) is 5.60 Å². The fraction of sp³-hybridized carbons (Fsp3) is 0.833. The minimum atomic E-state index is -0.386. The minimum absolute atomic E-state index is 0.278. The van der Waals surface area contributed by atoms with E-state index >= 15 is 0 Å². The van der Waals surface area contributed by atoms with Gasteiger partial charge in [0, 0.05) is 13.1 Å². The lowest BCUT2D eigenvalue weighted by molar-refractivity contribution is -0.109. The largest absolute Gasteiger partial charge is 0.444 e. The highest BCUT2D eigenvalue weighted by Crippen LogP contribution is 2.18. The average molecular weight is 244 g/mol. The van der Waals surface area contributed by atoms with Crippen molar-refractivity contribution in [1.82, 2.24) is 10.6 Å². The van der Waals surface area contributed by atoms with E-state index in [2.05, 4.69) is 10.6 Å². The van der Waals surface area contributed by atoms with Gasteiger partial charge in [-0.1, -0.05) is 12.8 Å². The SMILES string of the molecule is CC(C)(C)OC(=O)NC1CCCC1.CNC=O. The van der Waals surface area contributed by atoms with Gasteiger partial charge in [0.2, 0.25) is 6.41 Å². The summed E-state index contributed by atoms with van der Waals surface area (Å²) in [5, 5.41) is 5.12. The van der Waals surface area contributed by atoms with Gasteiger partial charge in [0.25, 0.3) is 0 Å². The van der Waals surface area contributed by atoms with Crippen LogP contribution in [0.4, 0.5) is 4.79 Å². The molecule has 100 valence electrons. The topological polar surface area (TPSA) is 67.4 Å². The molecule has 0 heterocycles. The highest BCUT2D eigenvalue weighted by atomic mass is 16.6. The highest BCUT2D eigenvalue weighted by Gasteiger charge is 2.21. The standard InChI is InChI=1S/C10H19NO2.C2H5NO/c1-10(2,3)13-9(12)11-8-6-4-5-7-8;1-3-2-4/h8H,4-7H2,1-3H3,(H,11,12);2H,1H3,(H,3,4). The van der Waals surface area contributed by atoms with Crippen molar-refractivity contribution in [2.24, 2.45) is 0 Å². The van der Waals surface area contributed by atoms with Gasteiger partial charge in [0.15, 0.2) is 0 Å². The molecule has 5 heteroatoms. The zero-order chi connectivity index (χ0) is 13.3. The summed E-state index contributed by atoms with van der Waals surface area (Å²) in [6, 6.07) is 0.342. The van der Waals surface area contributed by atoms with E-state index in [-0.39, 0.29) is 11.7 Å². The van der Waals surface area contributed by atoms with Crippen LogP contribution in [0.25, 0.3) is 0 Å². The number of ether oxygens (including phenoxy) is 1. The lowest BCUT2D eigenvalue weighted by Crippen LogP contribution is -2.37. The van der Waals surface area contributed by atoms with E-state index in [1.807, 2.05) is 20.8 Å². The van der Waals surface area contributed by atoms with Crippen LogP contribution in [0.3, 0.4) is 0 Å². The van der Waals surface area contributed by atoms with Crippen LogP contribution in [0, 0.1) is 0 Å². The summed E-state index contributed by atoms with van der Waals surface area (Å²) in [6.45, 7) is 5.63. The van der Waals surface area contributed by atoms with Crippen LogP contribution in [-0.4, -0.2) is 31.2 Å². The smallest absolute Gasteiger partial charge is 0.407 e. The summed E-state index contributed by atoms with van der Waals surface area (Å²) in [6.07, 6.45) is 4.98. The van der Waals surface area contributed by atoms with E-state index in [0.717, 1.165) is 12.8 Å². The number of hydrogen-bond donors (Lipinski definition) is 2. The zero-order valence-corrected chi connectivity index (χ0v) is 11.2. The molecule has 0 spiro atoms. The number of rotatable bonds is 2. The van der Waals surface area contributed by atoms with Crippen molar-refractivity contribution in [3.8, 4) is 0 Å². The van der Waals surface area contributed by atoms with Gasteiger partial charge >= 0.3 is 6.09 Å². The molecule has 0 unspecified atom stereocenters. The first-order chi connectivity index (χ1) is 7.89. The maximum absolute atomic E-state index is 11.3. The molecule has 1 aliphatic rings. The Hall–Kier alpha value is -1.26. The third kappa shape index (κ3) is 9.66. The molecule has 0 atom stereocenters. The zero-order valence-electron chi connectivity index (χ0n) is 11.2. The molecule has 0 bridgehead atoms. The van der Waals surface area contributed by atoms with Crippen LogP contribution in [0.15, 0.2) is 0 Å². The number of amides is 2. The molecule has 2 N–H and O–H groups in total. The number of nitrogens with one attached hydrogen (secondary N) is 2. The third-order valence-electron chi connectivity index (χ3n) is 2.19.